The average Bonchev–Trinajstić information content (AvgIpc) is 2.65. The molecule has 0 aliphatic heterocycles. The second-order valence-electron chi connectivity index (χ2n) is 6.67. The van der Waals surface area contributed by atoms with E-state index in [1.807, 2.05) is 32.0 Å². The van der Waals surface area contributed by atoms with Gasteiger partial charge in [0.05, 0.1) is 30.4 Å². The number of methoxy groups -OCH3 is 1. The quantitative estimate of drug-likeness (QED) is 0.648. The van der Waals surface area contributed by atoms with Crippen molar-refractivity contribution >= 4 is 34.8 Å². The Morgan fingerprint density at radius 3 is 2.34 bits per heavy atom. The summed E-state index contributed by atoms with van der Waals surface area (Å²) in [5, 5.41) is 5.62. The number of nitrogens with zero attached hydrogens (tertiary/aromatic N) is 1. The minimum atomic E-state index is -0.488. The molecule has 0 radical (unpaired) electrons. The van der Waals surface area contributed by atoms with E-state index in [9.17, 15) is 14.0 Å². The predicted molar refractivity (Wildman–Crippen MR) is 113 cm³/mol. The van der Waals surface area contributed by atoms with Gasteiger partial charge in [-0.1, -0.05) is 23.7 Å². The Bertz CT molecular complexity index is 876. The zero-order chi connectivity index (χ0) is 21.4. The summed E-state index contributed by atoms with van der Waals surface area (Å²) in [5.74, 6) is -1.09. The van der Waals surface area contributed by atoms with Crippen molar-refractivity contribution in [3.8, 4) is 0 Å². The van der Waals surface area contributed by atoms with Gasteiger partial charge in [0.25, 0.3) is 0 Å². The zero-order valence-corrected chi connectivity index (χ0v) is 17.5. The molecule has 8 heteroatoms. The van der Waals surface area contributed by atoms with Gasteiger partial charge in [-0.3, -0.25) is 14.5 Å². The number of carbonyl (C=O) groups is 2. The van der Waals surface area contributed by atoms with Gasteiger partial charge in [0, 0.05) is 19.3 Å². The predicted octanol–water partition coefficient (Wildman–Crippen LogP) is 3.62. The fourth-order valence-electron chi connectivity index (χ4n) is 2.70. The van der Waals surface area contributed by atoms with Crippen molar-refractivity contribution in [1.29, 1.82) is 0 Å². The van der Waals surface area contributed by atoms with E-state index in [4.69, 9.17) is 16.3 Å². The molecule has 0 aliphatic rings. The SMILES string of the molecule is COCCN(CC(=O)Nc1ccc(F)cc1Cl)CC(=O)Nc1cccc(C)c1C. The lowest BCUT2D eigenvalue weighted by atomic mass is 10.1. The monoisotopic (exact) mass is 421 g/mol. The third kappa shape index (κ3) is 7.12. The molecule has 2 aromatic carbocycles. The van der Waals surface area contributed by atoms with Crippen LogP contribution in [0.4, 0.5) is 15.8 Å². The lowest BCUT2D eigenvalue weighted by Gasteiger charge is -2.21. The minimum absolute atomic E-state index is 0.0152. The number of amides is 2. The van der Waals surface area contributed by atoms with E-state index in [0.717, 1.165) is 22.9 Å². The normalized spacial score (nSPS) is 10.8. The molecule has 0 atom stereocenters. The fourth-order valence-corrected chi connectivity index (χ4v) is 2.91. The molecule has 0 heterocycles. The lowest BCUT2D eigenvalue weighted by molar-refractivity contribution is -0.120. The smallest absolute Gasteiger partial charge is 0.238 e. The third-order valence-electron chi connectivity index (χ3n) is 4.43. The third-order valence-corrected chi connectivity index (χ3v) is 4.74. The molecule has 0 saturated carbocycles. The number of carbonyl (C=O) groups excluding carboxylic acids is 2. The molecular formula is C21H25ClFN3O3. The van der Waals surface area contributed by atoms with Crippen molar-refractivity contribution in [3.63, 3.8) is 0 Å². The Morgan fingerprint density at radius 1 is 1.07 bits per heavy atom. The van der Waals surface area contributed by atoms with Crippen molar-refractivity contribution < 1.29 is 18.7 Å². The van der Waals surface area contributed by atoms with Gasteiger partial charge in [0.15, 0.2) is 0 Å². The van der Waals surface area contributed by atoms with Gasteiger partial charge in [0.1, 0.15) is 5.82 Å². The summed E-state index contributed by atoms with van der Waals surface area (Å²) >= 11 is 5.94. The highest BCUT2D eigenvalue weighted by Crippen LogP contribution is 2.22. The first-order valence-electron chi connectivity index (χ1n) is 9.12. The maximum atomic E-state index is 13.1. The number of rotatable bonds is 9. The summed E-state index contributed by atoms with van der Waals surface area (Å²) < 4.78 is 18.2. The maximum absolute atomic E-state index is 13.1. The second-order valence-corrected chi connectivity index (χ2v) is 7.08. The Balaban J connectivity index is 1.99. The number of anilines is 2. The molecule has 2 amide bonds. The van der Waals surface area contributed by atoms with Crippen molar-refractivity contribution in [2.24, 2.45) is 0 Å². The fraction of sp³-hybridized carbons (Fsp3) is 0.333. The number of benzene rings is 2. The molecule has 0 aromatic heterocycles. The Hall–Kier alpha value is -2.48. The van der Waals surface area contributed by atoms with E-state index < -0.39 is 5.82 Å². The van der Waals surface area contributed by atoms with Crippen LogP contribution in [-0.4, -0.2) is 50.1 Å². The van der Waals surface area contributed by atoms with Gasteiger partial charge in [-0.25, -0.2) is 4.39 Å². The largest absolute Gasteiger partial charge is 0.383 e. The molecule has 0 saturated heterocycles. The van der Waals surface area contributed by atoms with E-state index in [1.54, 1.807) is 12.0 Å². The van der Waals surface area contributed by atoms with E-state index >= 15 is 0 Å². The highest BCUT2D eigenvalue weighted by molar-refractivity contribution is 6.33. The van der Waals surface area contributed by atoms with Crippen LogP contribution >= 0.6 is 11.6 Å². The molecule has 0 spiro atoms. The van der Waals surface area contributed by atoms with Crippen LogP contribution < -0.4 is 10.6 Å². The van der Waals surface area contributed by atoms with Gasteiger partial charge in [-0.15, -0.1) is 0 Å². The van der Waals surface area contributed by atoms with Crippen LogP contribution in [0.1, 0.15) is 11.1 Å². The van der Waals surface area contributed by atoms with Crippen LogP contribution in [0.25, 0.3) is 0 Å². The van der Waals surface area contributed by atoms with E-state index in [1.165, 1.54) is 12.1 Å². The molecule has 156 valence electrons. The van der Waals surface area contributed by atoms with E-state index in [0.29, 0.717) is 18.8 Å². The molecule has 0 aliphatic carbocycles. The van der Waals surface area contributed by atoms with Crippen LogP contribution in [0.15, 0.2) is 36.4 Å². The molecule has 6 nitrogen and oxygen atoms in total. The number of aryl methyl sites for hydroxylation is 1. The second kappa shape index (κ2) is 10.9. The highest BCUT2D eigenvalue weighted by Gasteiger charge is 2.16. The molecule has 2 N–H and O–H groups in total. The number of nitrogens with one attached hydrogen (secondary N) is 2. The van der Waals surface area contributed by atoms with Gasteiger partial charge >= 0.3 is 0 Å². The first kappa shape index (κ1) is 22.8. The number of hydrogen-bond acceptors (Lipinski definition) is 4. The molecule has 2 aromatic rings. The maximum Gasteiger partial charge on any atom is 0.238 e. The van der Waals surface area contributed by atoms with E-state index in [-0.39, 0.29) is 29.9 Å². The molecule has 0 bridgehead atoms. The number of hydrogen-bond donors (Lipinski definition) is 2. The summed E-state index contributed by atoms with van der Waals surface area (Å²) in [5.41, 5.74) is 3.12. The summed E-state index contributed by atoms with van der Waals surface area (Å²) in [6, 6.07) is 9.41. The Kier molecular flexibility index (Phi) is 8.57. The minimum Gasteiger partial charge on any atom is -0.383 e. The standard InChI is InChI=1S/C21H25ClFN3O3/c1-14-5-4-6-18(15(14)2)24-20(27)12-26(9-10-29-3)13-21(28)25-19-8-7-16(23)11-17(19)22/h4-8,11H,9-10,12-13H2,1-3H3,(H,24,27)(H,25,28). The van der Waals surface area contributed by atoms with Crippen LogP contribution in [0, 0.1) is 19.7 Å². The van der Waals surface area contributed by atoms with Gasteiger partial charge in [0.2, 0.25) is 11.8 Å². The summed E-state index contributed by atoms with van der Waals surface area (Å²) in [4.78, 5) is 26.5. The van der Waals surface area contributed by atoms with E-state index in [2.05, 4.69) is 10.6 Å². The molecule has 29 heavy (non-hydrogen) atoms. The number of halogens is 2. The van der Waals surface area contributed by atoms with Crippen LogP contribution in [-0.2, 0) is 14.3 Å². The summed E-state index contributed by atoms with van der Waals surface area (Å²) in [7, 11) is 1.55. The van der Waals surface area contributed by atoms with Gasteiger partial charge in [-0.05, 0) is 49.2 Å². The lowest BCUT2D eigenvalue weighted by Crippen LogP contribution is -2.40. The zero-order valence-electron chi connectivity index (χ0n) is 16.7. The average molecular weight is 422 g/mol. The topological polar surface area (TPSA) is 70.7 Å². The molecular weight excluding hydrogens is 397 g/mol. The van der Waals surface area contributed by atoms with Crippen LogP contribution in [0.2, 0.25) is 5.02 Å². The van der Waals surface area contributed by atoms with Gasteiger partial charge in [-0.2, -0.15) is 0 Å². The molecule has 0 unspecified atom stereocenters. The van der Waals surface area contributed by atoms with Crippen molar-refractivity contribution in [1.82, 2.24) is 4.90 Å². The summed E-state index contributed by atoms with van der Waals surface area (Å²) in [6.45, 7) is 4.63. The van der Waals surface area contributed by atoms with Crippen molar-refractivity contribution in [3.05, 3.63) is 58.4 Å². The molecule has 2 rings (SSSR count). The van der Waals surface area contributed by atoms with Crippen LogP contribution in [0.3, 0.4) is 0 Å². The highest BCUT2D eigenvalue weighted by atomic mass is 35.5. The number of ether oxygens (including phenoxy) is 1. The first-order valence-corrected chi connectivity index (χ1v) is 9.50. The molecule has 0 fully saturated rings. The van der Waals surface area contributed by atoms with Crippen molar-refractivity contribution in [2.45, 2.75) is 13.8 Å². The Morgan fingerprint density at radius 2 is 1.72 bits per heavy atom. The Labute approximate surface area is 175 Å². The summed E-state index contributed by atoms with van der Waals surface area (Å²) in [6.07, 6.45) is 0. The van der Waals surface area contributed by atoms with Gasteiger partial charge < -0.3 is 15.4 Å². The first-order chi connectivity index (χ1) is 13.8. The van der Waals surface area contributed by atoms with Crippen molar-refractivity contribution in [2.75, 3.05) is 44.0 Å². The van der Waals surface area contributed by atoms with Crippen LogP contribution in [0.5, 0.6) is 0 Å².